The summed E-state index contributed by atoms with van der Waals surface area (Å²) >= 11 is 0. The Morgan fingerprint density at radius 2 is 2.17 bits per heavy atom. The van der Waals surface area contributed by atoms with Crippen LogP contribution >= 0.6 is 0 Å². The molecule has 0 amide bonds. The van der Waals surface area contributed by atoms with Crippen LogP contribution in [-0.4, -0.2) is 41.9 Å². The van der Waals surface area contributed by atoms with Gasteiger partial charge >= 0.3 is 0 Å². The molecule has 2 heterocycles. The van der Waals surface area contributed by atoms with E-state index < -0.39 is 0 Å². The molecule has 0 aliphatic carbocycles. The second kappa shape index (κ2) is 8.03. The topological polar surface area (TPSA) is 65.5 Å². The van der Waals surface area contributed by atoms with Crippen molar-refractivity contribution in [2.75, 3.05) is 25.1 Å². The molecule has 2 aromatic rings. The highest BCUT2D eigenvalue weighted by molar-refractivity contribution is 5.32. The zero-order chi connectivity index (χ0) is 16.8. The molecule has 0 radical (unpaired) electrons. The number of nitrogens with one attached hydrogen (secondary N) is 1. The molecule has 1 fully saturated rings. The van der Waals surface area contributed by atoms with Crippen LogP contribution in [0.15, 0.2) is 36.5 Å². The van der Waals surface area contributed by atoms with Crippen LogP contribution in [0, 0.1) is 5.82 Å². The van der Waals surface area contributed by atoms with E-state index in [9.17, 15) is 4.39 Å². The Bertz CT molecular complexity index is 648. The van der Waals surface area contributed by atoms with E-state index in [1.165, 1.54) is 12.1 Å². The fourth-order valence-corrected chi connectivity index (χ4v) is 2.28. The van der Waals surface area contributed by atoms with Crippen molar-refractivity contribution in [3.63, 3.8) is 0 Å². The van der Waals surface area contributed by atoms with Gasteiger partial charge < -0.3 is 19.5 Å². The lowest BCUT2D eigenvalue weighted by Gasteiger charge is -2.17. The smallest absolute Gasteiger partial charge is 0.226 e. The van der Waals surface area contributed by atoms with E-state index in [0.29, 0.717) is 30.8 Å². The fraction of sp³-hybridized carbons (Fsp3) is 0.412. The van der Waals surface area contributed by atoms with Crippen molar-refractivity contribution in [2.24, 2.45) is 0 Å². The van der Waals surface area contributed by atoms with Crippen LogP contribution in [0.4, 0.5) is 10.3 Å². The number of nitrogens with zero attached hydrogens (tertiary/aromatic N) is 2. The average Bonchev–Trinajstić information content (AvgIpc) is 3.09. The first-order valence-corrected chi connectivity index (χ1v) is 7.91. The van der Waals surface area contributed by atoms with Gasteiger partial charge in [-0.15, -0.1) is 0 Å². The minimum Gasteiger partial charge on any atom is -0.439 e. The number of anilines is 1. The number of ether oxygens (including phenoxy) is 3. The first kappa shape index (κ1) is 16.6. The van der Waals surface area contributed by atoms with Crippen LogP contribution in [0.5, 0.6) is 11.6 Å². The van der Waals surface area contributed by atoms with Crippen LogP contribution in [0.25, 0.3) is 0 Å². The van der Waals surface area contributed by atoms with Crippen LogP contribution in [0.3, 0.4) is 0 Å². The van der Waals surface area contributed by atoms with E-state index in [4.69, 9.17) is 14.2 Å². The molecule has 1 saturated heterocycles. The lowest BCUT2D eigenvalue weighted by atomic mass is 10.3. The maximum absolute atomic E-state index is 12.9. The summed E-state index contributed by atoms with van der Waals surface area (Å²) in [4.78, 5) is 8.46. The molecule has 128 valence electrons. The Kier molecular flexibility index (Phi) is 5.55. The van der Waals surface area contributed by atoms with Gasteiger partial charge in [0, 0.05) is 24.9 Å². The van der Waals surface area contributed by atoms with Crippen molar-refractivity contribution in [3.05, 3.63) is 42.3 Å². The molecule has 2 unspecified atom stereocenters. The third-order valence-corrected chi connectivity index (χ3v) is 3.51. The van der Waals surface area contributed by atoms with Crippen molar-refractivity contribution >= 4 is 5.95 Å². The van der Waals surface area contributed by atoms with Crippen LogP contribution < -0.4 is 10.1 Å². The molecule has 1 aliphatic heterocycles. The van der Waals surface area contributed by atoms with Gasteiger partial charge in [-0.1, -0.05) is 0 Å². The summed E-state index contributed by atoms with van der Waals surface area (Å²) in [7, 11) is 0. The number of hydrogen-bond acceptors (Lipinski definition) is 6. The first-order valence-electron chi connectivity index (χ1n) is 7.91. The van der Waals surface area contributed by atoms with Crippen molar-refractivity contribution in [2.45, 2.75) is 25.5 Å². The van der Waals surface area contributed by atoms with E-state index in [0.717, 1.165) is 13.0 Å². The van der Waals surface area contributed by atoms with E-state index in [2.05, 4.69) is 15.3 Å². The van der Waals surface area contributed by atoms with E-state index in [1.54, 1.807) is 24.4 Å². The normalized spacial score (nSPS) is 18.3. The van der Waals surface area contributed by atoms with Crippen molar-refractivity contribution in [3.8, 4) is 11.6 Å². The molecule has 1 aliphatic rings. The van der Waals surface area contributed by atoms with E-state index in [1.807, 2.05) is 6.92 Å². The molecular formula is C17H20FN3O3. The molecule has 2 atom stereocenters. The highest BCUT2D eigenvalue weighted by Gasteiger charge is 2.17. The first-order chi connectivity index (χ1) is 11.7. The van der Waals surface area contributed by atoms with Gasteiger partial charge in [-0.05, 0) is 37.6 Å². The monoisotopic (exact) mass is 333 g/mol. The number of hydrogen-bond donors (Lipinski definition) is 1. The minimum atomic E-state index is -0.311. The van der Waals surface area contributed by atoms with Crippen molar-refractivity contribution in [1.29, 1.82) is 0 Å². The molecule has 0 saturated carbocycles. The quantitative estimate of drug-likeness (QED) is 0.840. The Balaban J connectivity index is 1.53. The summed E-state index contributed by atoms with van der Waals surface area (Å²) in [5, 5.41) is 3.17. The number of benzene rings is 1. The van der Waals surface area contributed by atoms with Gasteiger partial charge in [0.15, 0.2) is 0 Å². The standard InChI is InChI=1S/C17H20FN3O3/c1-12(10-23-15-7-9-22-11-15)20-17-19-8-6-16(21-17)24-14-4-2-13(18)3-5-14/h2-6,8,12,15H,7,9-11H2,1H3,(H,19,20,21). The van der Waals surface area contributed by atoms with Gasteiger partial charge in [-0.2, -0.15) is 4.98 Å². The second-order valence-electron chi connectivity index (χ2n) is 5.64. The fourth-order valence-electron chi connectivity index (χ4n) is 2.28. The number of halogens is 1. The zero-order valence-corrected chi connectivity index (χ0v) is 13.4. The van der Waals surface area contributed by atoms with Gasteiger partial charge in [-0.25, -0.2) is 9.37 Å². The lowest BCUT2D eigenvalue weighted by Crippen LogP contribution is -2.26. The summed E-state index contributed by atoms with van der Waals surface area (Å²) < 4.78 is 29.5. The van der Waals surface area contributed by atoms with Gasteiger partial charge in [-0.3, -0.25) is 0 Å². The SMILES string of the molecule is CC(COC1CCOC1)Nc1nccc(Oc2ccc(F)cc2)n1. The third kappa shape index (κ3) is 4.87. The highest BCUT2D eigenvalue weighted by atomic mass is 19.1. The average molecular weight is 333 g/mol. The molecule has 0 bridgehead atoms. The van der Waals surface area contributed by atoms with Crippen molar-refractivity contribution < 1.29 is 18.6 Å². The van der Waals surface area contributed by atoms with E-state index >= 15 is 0 Å². The Morgan fingerprint density at radius 3 is 2.92 bits per heavy atom. The molecule has 1 N–H and O–H groups in total. The zero-order valence-electron chi connectivity index (χ0n) is 13.4. The van der Waals surface area contributed by atoms with Gasteiger partial charge in [0.25, 0.3) is 0 Å². The summed E-state index contributed by atoms with van der Waals surface area (Å²) in [5.41, 5.74) is 0. The molecule has 6 nitrogen and oxygen atoms in total. The van der Waals surface area contributed by atoms with Crippen LogP contribution in [0.2, 0.25) is 0 Å². The Labute approximate surface area is 140 Å². The molecule has 0 spiro atoms. The number of aromatic nitrogens is 2. The lowest BCUT2D eigenvalue weighted by molar-refractivity contribution is 0.0394. The molecule has 3 rings (SSSR count). The maximum atomic E-state index is 12.9. The summed E-state index contributed by atoms with van der Waals surface area (Å²) in [6.07, 6.45) is 2.71. The molecule has 1 aromatic heterocycles. The van der Waals surface area contributed by atoms with Gasteiger partial charge in [0.2, 0.25) is 11.8 Å². The molecule has 1 aromatic carbocycles. The molecule has 7 heteroatoms. The second-order valence-corrected chi connectivity index (χ2v) is 5.64. The van der Waals surface area contributed by atoms with Crippen LogP contribution in [-0.2, 0) is 9.47 Å². The predicted octanol–water partition coefficient (Wildman–Crippen LogP) is 3.01. The molecular weight excluding hydrogens is 313 g/mol. The van der Waals surface area contributed by atoms with Crippen LogP contribution in [0.1, 0.15) is 13.3 Å². The van der Waals surface area contributed by atoms with Crippen molar-refractivity contribution in [1.82, 2.24) is 9.97 Å². The van der Waals surface area contributed by atoms with Gasteiger partial charge in [0.1, 0.15) is 11.6 Å². The maximum Gasteiger partial charge on any atom is 0.226 e. The largest absolute Gasteiger partial charge is 0.439 e. The van der Waals surface area contributed by atoms with E-state index in [-0.39, 0.29) is 18.0 Å². The Morgan fingerprint density at radius 1 is 1.33 bits per heavy atom. The minimum absolute atomic E-state index is 0.0478. The molecule has 24 heavy (non-hydrogen) atoms. The predicted molar refractivity (Wildman–Crippen MR) is 86.8 cm³/mol. The van der Waals surface area contributed by atoms with Gasteiger partial charge in [0.05, 0.1) is 19.3 Å². The number of rotatable bonds is 7. The summed E-state index contributed by atoms with van der Waals surface area (Å²) in [6.45, 7) is 3.95. The third-order valence-electron chi connectivity index (χ3n) is 3.51. The summed E-state index contributed by atoms with van der Waals surface area (Å²) in [5.74, 6) is 1.04. The Hall–Kier alpha value is -2.25. The summed E-state index contributed by atoms with van der Waals surface area (Å²) in [6, 6.07) is 7.46. The highest BCUT2D eigenvalue weighted by Crippen LogP contribution is 2.20.